The molecule has 0 spiro atoms. The lowest BCUT2D eigenvalue weighted by molar-refractivity contribution is -0.143. The molecule has 4 amide bonds. The molecule has 3 N–H and O–H groups in total. The fourth-order valence-corrected chi connectivity index (χ4v) is 9.61. The van der Waals surface area contributed by atoms with E-state index in [0.717, 1.165) is 5.56 Å². The molecule has 0 unspecified atom stereocenters. The van der Waals surface area contributed by atoms with Crippen LogP contribution in [0.15, 0.2) is 67.3 Å². The second-order valence-corrected chi connectivity index (χ2v) is 20.1. The number of nitrogens with zero attached hydrogens (tertiary/aromatic N) is 2. The topological polar surface area (TPSA) is 182 Å². The quantitative estimate of drug-likeness (QED) is 0.162. The van der Waals surface area contributed by atoms with Gasteiger partial charge in [-0.1, -0.05) is 70.5 Å². The van der Waals surface area contributed by atoms with Crippen LogP contribution in [0.1, 0.15) is 87.0 Å². The Hall–Kier alpha value is -5.18. The van der Waals surface area contributed by atoms with Gasteiger partial charge in [-0.25, -0.2) is 18.2 Å². The van der Waals surface area contributed by atoms with Crippen LogP contribution in [0.4, 0.5) is 4.79 Å². The van der Waals surface area contributed by atoms with E-state index in [1.807, 2.05) is 49.4 Å². The van der Waals surface area contributed by atoms with Crippen LogP contribution in [0.5, 0.6) is 11.5 Å². The summed E-state index contributed by atoms with van der Waals surface area (Å²) in [5, 5.41) is 6.27. The van der Waals surface area contributed by atoms with E-state index >= 15 is 0 Å². The molecule has 14 nitrogen and oxygen atoms in total. The SMILES string of the molecule is C=C[C@H]1C[C@@]1(NC(=O)[C@@H]1C[C@@H](Oc2cc(-c3ccccc3)nc3cc(OC)ccc23)CN1C(=O)[C@@H](NC(=O)OC(C)(C)C)C(C)(C)C)C(=O)NS(=O)(=O)C1(CCC)CC1. The van der Waals surface area contributed by atoms with Crippen molar-refractivity contribution in [3.63, 3.8) is 0 Å². The molecule has 0 radical (unpaired) electrons. The lowest BCUT2D eigenvalue weighted by Crippen LogP contribution is -2.60. The number of benzene rings is 2. The van der Waals surface area contributed by atoms with Gasteiger partial charge in [0.05, 0.1) is 29.6 Å². The summed E-state index contributed by atoms with van der Waals surface area (Å²) in [5.74, 6) is -1.55. The Labute approximate surface area is 346 Å². The van der Waals surface area contributed by atoms with Gasteiger partial charge < -0.3 is 29.7 Å². The van der Waals surface area contributed by atoms with Crippen LogP contribution >= 0.6 is 0 Å². The number of carbonyl (C=O) groups excluding carboxylic acids is 4. The van der Waals surface area contributed by atoms with Gasteiger partial charge in [0.25, 0.3) is 5.91 Å². The van der Waals surface area contributed by atoms with E-state index in [1.165, 1.54) is 11.0 Å². The van der Waals surface area contributed by atoms with Gasteiger partial charge in [0.2, 0.25) is 21.8 Å². The largest absolute Gasteiger partial charge is 0.497 e. The highest BCUT2D eigenvalue weighted by atomic mass is 32.2. The van der Waals surface area contributed by atoms with E-state index in [4.69, 9.17) is 19.2 Å². The van der Waals surface area contributed by atoms with Crippen molar-refractivity contribution < 1.29 is 41.8 Å². The Morgan fingerprint density at radius 2 is 1.73 bits per heavy atom. The number of amides is 4. The van der Waals surface area contributed by atoms with Gasteiger partial charge >= 0.3 is 6.09 Å². The predicted octanol–water partition coefficient (Wildman–Crippen LogP) is 6.04. The first kappa shape index (κ1) is 43.4. The number of rotatable bonds is 14. The summed E-state index contributed by atoms with van der Waals surface area (Å²) in [6.07, 6.45) is 2.07. The van der Waals surface area contributed by atoms with Crippen molar-refractivity contribution in [2.24, 2.45) is 11.3 Å². The predicted molar refractivity (Wildman–Crippen MR) is 224 cm³/mol. The minimum Gasteiger partial charge on any atom is -0.497 e. The summed E-state index contributed by atoms with van der Waals surface area (Å²) in [7, 11) is -2.47. The number of hydrogen-bond donors (Lipinski definition) is 3. The van der Waals surface area contributed by atoms with E-state index in [0.29, 0.717) is 53.8 Å². The van der Waals surface area contributed by atoms with Crippen LogP contribution in [0.25, 0.3) is 22.2 Å². The second-order valence-electron chi connectivity index (χ2n) is 18.1. The zero-order valence-corrected chi connectivity index (χ0v) is 36.0. The number of nitrogens with one attached hydrogen (secondary N) is 3. The van der Waals surface area contributed by atoms with Crippen LogP contribution in [-0.4, -0.2) is 89.8 Å². The van der Waals surface area contributed by atoms with E-state index in [9.17, 15) is 27.6 Å². The van der Waals surface area contributed by atoms with E-state index in [1.54, 1.807) is 60.8 Å². The lowest BCUT2D eigenvalue weighted by atomic mass is 9.85. The van der Waals surface area contributed by atoms with Crippen molar-refractivity contribution in [1.82, 2.24) is 25.2 Å². The Morgan fingerprint density at radius 3 is 2.31 bits per heavy atom. The second kappa shape index (κ2) is 16.1. The van der Waals surface area contributed by atoms with Crippen LogP contribution in [0.3, 0.4) is 0 Å². The molecule has 318 valence electrons. The Balaban J connectivity index is 1.34. The van der Waals surface area contributed by atoms with Gasteiger partial charge in [-0.15, -0.1) is 6.58 Å². The summed E-state index contributed by atoms with van der Waals surface area (Å²) < 4.78 is 46.0. The third-order valence-corrected chi connectivity index (χ3v) is 13.5. The third-order valence-electron chi connectivity index (χ3n) is 11.3. The molecule has 6 rings (SSSR count). The third kappa shape index (κ3) is 9.19. The lowest BCUT2D eigenvalue weighted by Gasteiger charge is -2.36. The average molecular weight is 832 g/mol. The number of hydrogen-bond acceptors (Lipinski definition) is 10. The maximum Gasteiger partial charge on any atom is 0.408 e. The van der Waals surface area contributed by atoms with Gasteiger partial charge in [-0.3, -0.25) is 19.1 Å². The summed E-state index contributed by atoms with van der Waals surface area (Å²) >= 11 is 0. The molecule has 59 heavy (non-hydrogen) atoms. The molecular weight excluding hydrogens is 775 g/mol. The normalized spacial score (nSPS) is 22.8. The number of pyridine rings is 1. The van der Waals surface area contributed by atoms with Gasteiger partial charge in [0.1, 0.15) is 40.8 Å². The molecule has 1 saturated heterocycles. The number of carbonyl (C=O) groups is 4. The molecule has 1 aliphatic heterocycles. The fraction of sp³-hybridized carbons (Fsp3) is 0.523. The maximum absolute atomic E-state index is 14.8. The van der Waals surface area contributed by atoms with Gasteiger partial charge in [-0.2, -0.15) is 0 Å². The molecule has 0 bridgehead atoms. The van der Waals surface area contributed by atoms with Crippen molar-refractivity contribution >= 4 is 44.7 Å². The summed E-state index contributed by atoms with van der Waals surface area (Å²) in [6, 6.07) is 14.5. The molecule has 1 aromatic heterocycles. The molecule has 5 atom stereocenters. The Kier molecular flexibility index (Phi) is 11.9. The standard InChI is InChI=1S/C44H57N5O9S/c1-10-19-43(20-21-43)59(54,55)48-39(52)44(25-28(44)11-2)47-37(50)34-23-30(26-49(34)38(51)36(41(3,4)5)46-40(53)58-42(6,7)8)57-35-24-32(27-15-13-12-14-16-27)45-33-22-29(56-9)17-18-31(33)35/h11-18,22,24,28,30,34,36H,2,10,19-21,23,25-26H2,1,3-9H3,(H,46,53)(H,47,50)(H,48,52)/t28-,30+,34-,36+,44-/m0/s1. The first-order chi connectivity index (χ1) is 27.7. The van der Waals surface area contributed by atoms with Crippen LogP contribution < -0.4 is 24.8 Å². The molecule has 2 heterocycles. The van der Waals surface area contributed by atoms with Crippen molar-refractivity contribution in [2.75, 3.05) is 13.7 Å². The van der Waals surface area contributed by atoms with Crippen LogP contribution in [0, 0.1) is 11.3 Å². The van der Waals surface area contributed by atoms with Crippen molar-refractivity contribution in [2.45, 2.75) is 121 Å². The Bertz CT molecular complexity index is 2230. The number of alkyl carbamates (subject to hydrolysis) is 1. The zero-order chi connectivity index (χ0) is 43.1. The maximum atomic E-state index is 14.8. The highest BCUT2D eigenvalue weighted by Crippen LogP contribution is 2.49. The number of likely N-dealkylation sites (tertiary alicyclic amines) is 1. The van der Waals surface area contributed by atoms with Crippen LogP contribution in [-0.2, 0) is 29.1 Å². The summed E-state index contributed by atoms with van der Waals surface area (Å²) in [6.45, 7) is 16.2. The molecule has 3 aromatic rings. The smallest absolute Gasteiger partial charge is 0.408 e. The number of methoxy groups -OCH3 is 1. The molecule has 2 aromatic carbocycles. The van der Waals surface area contributed by atoms with Crippen LogP contribution in [0.2, 0.25) is 0 Å². The van der Waals surface area contributed by atoms with E-state index in [-0.39, 0.29) is 19.4 Å². The molecule has 3 fully saturated rings. The summed E-state index contributed by atoms with van der Waals surface area (Å²) in [4.78, 5) is 62.6. The highest BCUT2D eigenvalue weighted by molar-refractivity contribution is 7.91. The van der Waals surface area contributed by atoms with Gasteiger partial charge in [-0.05, 0) is 64.0 Å². The molecule has 3 aliphatic rings. The number of aromatic nitrogens is 1. The number of fused-ring (bicyclic) bond motifs is 1. The molecule has 15 heteroatoms. The number of ether oxygens (including phenoxy) is 3. The molecule has 2 saturated carbocycles. The van der Waals surface area contributed by atoms with E-state index < -0.39 is 79.2 Å². The van der Waals surface area contributed by atoms with Gasteiger partial charge in [0, 0.05) is 35.4 Å². The minimum atomic E-state index is -4.04. The fourth-order valence-electron chi connectivity index (χ4n) is 7.86. The first-order valence-corrected chi connectivity index (χ1v) is 21.7. The first-order valence-electron chi connectivity index (χ1n) is 20.2. The Morgan fingerprint density at radius 1 is 1.03 bits per heavy atom. The average Bonchev–Trinajstić information content (AvgIpc) is 4.07. The van der Waals surface area contributed by atoms with Crippen molar-refractivity contribution in [3.05, 3.63) is 67.3 Å². The van der Waals surface area contributed by atoms with Crippen molar-refractivity contribution in [1.29, 1.82) is 0 Å². The summed E-state index contributed by atoms with van der Waals surface area (Å²) in [5.41, 5.74) is -1.19. The van der Waals surface area contributed by atoms with Gasteiger partial charge in [0.15, 0.2) is 0 Å². The highest BCUT2D eigenvalue weighted by Gasteiger charge is 2.63. The van der Waals surface area contributed by atoms with E-state index in [2.05, 4.69) is 21.9 Å². The minimum absolute atomic E-state index is 0.00980. The zero-order valence-electron chi connectivity index (χ0n) is 35.2. The monoisotopic (exact) mass is 831 g/mol. The number of sulfonamides is 1. The van der Waals surface area contributed by atoms with Crippen molar-refractivity contribution in [3.8, 4) is 22.8 Å². The molecular formula is C44H57N5O9S. The molecule has 2 aliphatic carbocycles.